The van der Waals surface area contributed by atoms with Crippen molar-refractivity contribution in [1.29, 1.82) is 0 Å². The van der Waals surface area contributed by atoms with Gasteiger partial charge in [-0.25, -0.2) is 0 Å². The first-order valence-electron chi connectivity index (χ1n) is 12.4. The van der Waals surface area contributed by atoms with E-state index in [9.17, 15) is 9.90 Å². The van der Waals surface area contributed by atoms with Crippen LogP contribution in [0.3, 0.4) is 0 Å². The van der Waals surface area contributed by atoms with Crippen molar-refractivity contribution in [3.8, 4) is 5.75 Å². The van der Waals surface area contributed by atoms with Crippen molar-refractivity contribution >= 4 is 49.5 Å². The van der Waals surface area contributed by atoms with Crippen LogP contribution < -0.4 is 10.6 Å². The number of para-hydroxylation sites is 1. The maximum atomic E-state index is 13.3. The Morgan fingerprint density at radius 1 is 1.14 bits per heavy atom. The number of aromatic nitrogens is 2. The fraction of sp³-hybridized carbons (Fsp3) is 0.321. The van der Waals surface area contributed by atoms with Gasteiger partial charge in [-0.15, -0.1) is 0 Å². The molecule has 1 fully saturated rings. The van der Waals surface area contributed by atoms with Gasteiger partial charge in [0, 0.05) is 53.7 Å². The summed E-state index contributed by atoms with van der Waals surface area (Å²) in [6.45, 7) is 2.55. The summed E-state index contributed by atoms with van der Waals surface area (Å²) >= 11 is 0. The number of nitrogens with zero attached hydrogens (tertiary/aromatic N) is 2. The highest BCUT2D eigenvalue weighted by atomic mass is 16.6. The van der Waals surface area contributed by atoms with Gasteiger partial charge in [-0.2, -0.15) is 0 Å². The van der Waals surface area contributed by atoms with E-state index in [2.05, 4.69) is 38.8 Å². The molecule has 0 spiro atoms. The van der Waals surface area contributed by atoms with Crippen LogP contribution >= 0.6 is 0 Å². The lowest BCUT2D eigenvalue weighted by molar-refractivity contribution is -0.256. The molecule has 0 unspecified atom stereocenters. The number of ether oxygens (including phenoxy) is 2. The van der Waals surface area contributed by atoms with Crippen LogP contribution in [0, 0.1) is 0 Å². The van der Waals surface area contributed by atoms with Gasteiger partial charge in [0.05, 0.1) is 27.6 Å². The summed E-state index contributed by atoms with van der Waals surface area (Å²) in [5, 5.41) is 21.2. The summed E-state index contributed by atoms with van der Waals surface area (Å²) in [5.74, 6) is 0.139. The van der Waals surface area contributed by atoms with Crippen molar-refractivity contribution in [3.63, 3.8) is 0 Å². The summed E-state index contributed by atoms with van der Waals surface area (Å²) in [6.07, 6.45) is 0.134. The first-order valence-corrected chi connectivity index (χ1v) is 12.4. The number of likely N-dealkylation sites (N-methyl/N-ethyl adjacent to an activating group) is 1. The lowest BCUT2D eigenvalue weighted by Gasteiger charge is -2.48. The zero-order chi connectivity index (χ0) is 24.5. The second-order valence-corrected chi connectivity index (χ2v) is 10.3. The number of fused-ring (bicyclic) bond motifs is 13. The van der Waals surface area contributed by atoms with E-state index in [-0.39, 0.29) is 30.0 Å². The van der Waals surface area contributed by atoms with Crippen molar-refractivity contribution in [2.75, 3.05) is 14.2 Å². The average molecular weight is 483 g/mol. The number of methoxy groups -OCH3 is 1. The second-order valence-electron chi connectivity index (χ2n) is 10.3. The highest BCUT2D eigenvalue weighted by Crippen LogP contribution is 2.53. The van der Waals surface area contributed by atoms with Crippen LogP contribution in [0.5, 0.6) is 5.75 Å². The Morgan fingerprint density at radius 3 is 2.75 bits per heavy atom. The lowest BCUT2D eigenvalue weighted by Crippen LogP contribution is -2.59. The van der Waals surface area contributed by atoms with Crippen molar-refractivity contribution < 1.29 is 19.4 Å². The molecule has 8 nitrogen and oxygen atoms in total. The topological polar surface area (TPSA) is 89.7 Å². The number of amides is 1. The number of phenols is 1. The molecule has 0 aliphatic carbocycles. The van der Waals surface area contributed by atoms with Crippen LogP contribution in [0.4, 0.5) is 0 Å². The van der Waals surface area contributed by atoms with Crippen LogP contribution in [0.2, 0.25) is 0 Å². The third-order valence-electron chi connectivity index (χ3n) is 8.67. The number of carbonyl (C=O) groups excluding carboxylic acids is 1. The van der Waals surface area contributed by atoms with Gasteiger partial charge in [-0.3, -0.25) is 4.79 Å². The number of hydrogen-bond acceptors (Lipinski definition) is 5. The van der Waals surface area contributed by atoms with E-state index in [0.29, 0.717) is 13.0 Å². The molecule has 5 heterocycles. The van der Waals surface area contributed by atoms with Crippen LogP contribution in [-0.2, 0) is 21.7 Å². The zero-order valence-corrected chi connectivity index (χ0v) is 20.3. The highest BCUT2D eigenvalue weighted by molar-refractivity contribution is 6.31. The van der Waals surface area contributed by atoms with E-state index < -0.39 is 5.72 Å². The van der Waals surface area contributed by atoms with E-state index in [1.54, 1.807) is 19.2 Å². The largest absolute Gasteiger partial charge is 0.508 e. The molecule has 3 aliphatic heterocycles. The third-order valence-corrected chi connectivity index (χ3v) is 8.67. The summed E-state index contributed by atoms with van der Waals surface area (Å²) in [5.41, 5.74) is 4.78. The minimum absolute atomic E-state index is 0.0178. The molecule has 3 aromatic carbocycles. The fourth-order valence-corrected chi connectivity index (χ4v) is 7.37. The Kier molecular flexibility index (Phi) is 3.77. The summed E-state index contributed by atoms with van der Waals surface area (Å²) in [4.78, 5) is 13.3. The van der Waals surface area contributed by atoms with E-state index in [4.69, 9.17) is 9.47 Å². The molecule has 1 saturated heterocycles. The fourth-order valence-electron chi connectivity index (χ4n) is 7.37. The maximum absolute atomic E-state index is 13.3. The SMILES string of the molecule is CN[C@@H]1C[C@H]2O[C@@](C)([C@@H]1OC)n1c3cc(O)ccc3c3c4c(c5c6ccccc6n2c5c31)C(=O)NC4. The van der Waals surface area contributed by atoms with Gasteiger partial charge in [0.1, 0.15) is 18.1 Å². The Hall–Kier alpha value is -3.59. The Morgan fingerprint density at radius 2 is 1.94 bits per heavy atom. The maximum Gasteiger partial charge on any atom is 0.252 e. The van der Waals surface area contributed by atoms with Crippen LogP contribution in [0.1, 0.15) is 35.5 Å². The average Bonchev–Trinajstić information content (AvgIpc) is 3.50. The number of phenolic OH excluding ortho intramolecular Hbond substituents is 1. The molecule has 0 radical (unpaired) electrons. The molecule has 182 valence electrons. The van der Waals surface area contributed by atoms with E-state index in [1.165, 1.54) is 0 Å². The Bertz CT molecular complexity index is 1800. The molecular formula is C28H26N4O4. The van der Waals surface area contributed by atoms with Crippen molar-refractivity contribution in [1.82, 2.24) is 19.8 Å². The molecule has 3 aliphatic rings. The van der Waals surface area contributed by atoms with Gasteiger partial charge in [-0.1, -0.05) is 18.2 Å². The van der Waals surface area contributed by atoms with Gasteiger partial charge in [0.25, 0.3) is 5.91 Å². The normalized spacial score (nSPS) is 26.9. The minimum Gasteiger partial charge on any atom is -0.508 e. The second kappa shape index (κ2) is 6.59. The van der Waals surface area contributed by atoms with Crippen molar-refractivity contribution in [3.05, 3.63) is 53.6 Å². The monoisotopic (exact) mass is 482 g/mol. The molecule has 3 N–H and O–H groups in total. The first-order chi connectivity index (χ1) is 17.5. The molecule has 1 amide bonds. The van der Waals surface area contributed by atoms with Crippen LogP contribution in [0.15, 0.2) is 42.5 Å². The zero-order valence-electron chi connectivity index (χ0n) is 20.3. The highest BCUT2D eigenvalue weighted by Gasteiger charge is 2.53. The minimum atomic E-state index is -0.879. The Balaban J connectivity index is 1.72. The molecule has 0 saturated carbocycles. The van der Waals surface area contributed by atoms with Gasteiger partial charge in [0.2, 0.25) is 0 Å². The first kappa shape index (κ1) is 20.6. The number of carbonyl (C=O) groups is 1. The molecule has 8 heteroatoms. The lowest BCUT2D eigenvalue weighted by atomic mass is 9.93. The van der Waals surface area contributed by atoms with Crippen molar-refractivity contribution in [2.45, 2.75) is 44.0 Å². The molecule has 8 rings (SSSR count). The number of nitrogens with one attached hydrogen (secondary N) is 2. The third kappa shape index (κ3) is 2.16. The number of rotatable bonds is 2. The number of hydrogen-bond donors (Lipinski definition) is 3. The number of aromatic hydroxyl groups is 1. The van der Waals surface area contributed by atoms with Gasteiger partial charge in [-0.05, 0) is 37.7 Å². The predicted octanol–water partition coefficient (Wildman–Crippen LogP) is 4.06. The van der Waals surface area contributed by atoms with E-state index in [1.807, 2.05) is 25.2 Å². The predicted molar refractivity (Wildman–Crippen MR) is 137 cm³/mol. The van der Waals surface area contributed by atoms with E-state index >= 15 is 0 Å². The molecule has 2 bridgehead atoms. The number of benzene rings is 3. The smallest absolute Gasteiger partial charge is 0.252 e. The Labute approximate surface area is 206 Å². The summed E-state index contributed by atoms with van der Waals surface area (Å²) in [7, 11) is 3.69. The molecule has 36 heavy (non-hydrogen) atoms. The standard InChI is InChI=1S/C28H26N4O4/c1-28-26(35-3)17(29-2)11-20(36-28)31-18-7-5-4-6-14(18)22-23-16(12-30-27(23)34)21-15-9-8-13(33)10-19(15)32(28)25(21)24(22)31/h4-10,17,20,26,29,33H,11-12H2,1-3H3,(H,30,34)/t17-,20-,26-,28+/m1/s1. The quantitative estimate of drug-likeness (QED) is 0.353. The van der Waals surface area contributed by atoms with Gasteiger partial charge < -0.3 is 34.3 Å². The van der Waals surface area contributed by atoms with Crippen LogP contribution in [-0.4, -0.2) is 46.5 Å². The summed E-state index contributed by atoms with van der Waals surface area (Å²) in [6, 6.07) is 13.8. The molecule has 2 aromatic heterocycles. The van der Waals surface area contributed by atoms with Crippen molar-refractivity contribution in [2.24, 2.45) is 0 Å². The van der Waals surface area contributed by atoms with E-state index in [0.717, 1.165) is 54.7 Å². The molecule has 4 atom stereocenters. The van der Waals surface area contributed by atoms with Crippen LogP contribution in [0.25, 0.3) is 43.6 Å². The van der Waals surface area contributed by atoms with Gasteiger partial charge >= 0.3 is 0 Å². The molecular weight excluding hydrogens is 456 g/mol. The van der Waals surface area contributed by atoms with Gasteiger partial charge in [0.15, 0.2) is 5.72 Å². The summed E-state index contributed by atoms with van der Waals surface area (Å²) < 4.78 is 17.7. The molecule has 5 aromatic rings.